The summed E-state index contributed by atoms with van der Waals surface area (Å²) in [5.74, 6) is 3.84. The summed E-state index contributed by atoms with van der Waals surface area (Å²) in [5.41, 5.74) is 6.25. The minimum absolute atomic E-state index is 0.324. The van der Waals surface area contributed by atoms with E-state index in [4.69, 9.17) is 19.4 Å². The maximum Gasteiger partial charge on any atom is 0.416 e. The predicted octanol–water partition coefficient (Wildman–Crippen LogP) is 13.7. The topological polar surface area (TPSA) is 118 Å². The van der Waals surface area contributed by atoms with Crippen molar-refractivity contribution in [3.8, 4) is 34.3 Å². The highest BCUT2D eigenvalue weighted by atomic mass is 19.4. The zero-order chi connectivity index (χ0) is 48.3. The first kappa shape index (κ1) is 47.8. The smallest absolute Gasteiger partial charge is 0.416 e. The molecule has 4 N–H and O–H groups in total. The van der Waals surface area contributed by atoms with E-state index in [1.165, 1.54) is 24.3 Å². The van der Waals surface area contributed by atoms with Gasteiger partial charge in [0.1, 0.15) is 23.1 Å². The number of alkyl halides is 6. The van der Waals surface area contributed by atoms with E-state index in [-0.39, 0.29) is 0 Å². The van der Waals surface area contributed by atoms with Gasteiger partial charge in [-0.2, -0.15) is 26.3 Å². The molecule has 6 aromatic carbocycles. The Morgan fingerprint density at radius 3 is 1.04 bits per heavy atom. The normalized spacial score (nSPS) is 11.2. The van der Waals surface area contributed by atoms with E-state index in [1.54, 1.807) is 14.2 Å². The lowest BCUT2D eigenvalue weighted by Gasteiger charge is -2.17. The van der Waals surface area contributed by atoms with Gasteiger partial charge in [-0.15, -0.1) is 0 Å². The SMILES string of the molecule is COc1ccc(Nc2nc(-c3ccccc3)nc(C)c2CNc2ccc(C(F)(F)F)cc2)cc1.COc1ccc(Nc2nc(-c3ccccc3)nc(C)c2CNc2ccc(C(F)(F)F)cc2)cc1. The molecule has 0 fully saturated rings. The second-order valence-electron chi connectivity index (χ2n) is 15.2. The minimum Gasteiger partial charge on any atom is -0.497 e. The summed E-state index contributed by atoms with van der Waals surface area (Å²) in [4.78, 5) is 18.9. The highest BCUT2D eigenvalue weighted by Crippen LogP contribution is 2.33. The van der Waals surface area contributed by atoms with Crippen molar-refractivity contribution < 1.29 is 35.8 Å². The van der Waals surface area contributed by atoms with E-state index in [9.17, 15) is 26.3 Å². The summed E-state index contributed by atoms with van der Waals surface area (Å²) in [6.07, 6.45) is -8.74. The lowest BCUT2D eigenvalue weighted by atomic mass is 10.1. The van der Waals surface area contributed by atoms with E-state index in [0.29, 0.717) is 47.7 Å². The van der Waals surface area contributed by atoms with Crippen LogP contribution in [0.4, 0.5) is 60.7 Å². The van der Waals surface area contributed by atoms with E-state index < -0.39 is 23.5 Å². The molecule has 0 saturated carbocycles. The molecular weight excluding hydrogens is 883 g/mol. The van der Waals surface area contributed by atoms with E-state index in [1.807, 2.05) is 123 Å². The van der Waals surface area contributed by atoms with Gasteiger partial charge in [-0.1, -0.05) is 60.7 Å². The summed E-state index contributed by atoms with van der Waals surface area (Å²) < 4.78 is 87.6. The molecule has 0 radical (unpaired) electrons. The molecule has 0 unspecified atom stereocenters. The van der Waals surface area contributed by atoms with Gasteiger partial charge in [-0.05, 0) is 111 Å². The average Bonchev–Trinajstić information content (AvgIpc) is 3.34. The number of aryl methyl sites for hydroxylation is 2. The first-order chi connectivity index (χ1) is 32.7. The summed E-state index contributed by atoms with van der Waals surface area (Å²) in [6, 6.07) is 44.0. The maximum absolute atomic E-state index is 12.9. The molecule has 8 aromatic rings. The molecule has 2 heterocycles. The van der Waals surface area contributed by atoms with Gasteiger partial charge < -0.3 is 30.7 Å². The molecule has 0 amide bonds. The highest BCUT2D eigenvalue weighted by Gasteiger charge is 2.31. The Morgan fingerprint density at radius 2 is 0.735 bits per heavy atom. The van der Waals surface area contributed by atoms with Gasteiger partial charge in [0.2, 0.25) is 0 Å². The van der Waals surface area contributed by atoms with Crippen molar-refractivity contribution in [2.45, 2.75) is 39.3 Å². The molecule has 0 aliphatic carbocycles. The lowest BCUT2D eigenvalue weighted by molar-refractivity contribution is -0.138. The molecule has 8 rings (SSSR count). The van der Waals surface area contributed by atoms with E-state index in [0.717, 1.165) is 80.8 Å². The summed E-state index contributed by atoms with van der Waals surface area (Å²) >= 11 is 0. The Labute approximate surface area is 389 Å². The van der Waals surface area contributed by atoms with Gasteiger partial charge in [0.15, 0.2) is 11.6 Å². The second-order valence-corrected chi connectivity index (χ2v) is 15.2. The third-order valence-corrected chi connectivity index (χ3v) is 10.6. The number of methoxy groups -OCH3 is 2. The van der Waals surface area contributed by atoms with Gasteiger partial charge in [-0.3, -0.25) is 0 Å². The third-order valence-electron chi connectivity index (χ3n) is 10.6. The highest BCUT2D eigenvalue weighted by molar-refractivity contribution is 5.67. The van der Waals surface area contributed by atoms with Crippen LogP contribution in [0.2, 0.25) is 0 Å². The molecule has 0 spiro atoms. The zero-order valence-electron chi connectivity index (χ0n) is 37.3. The Kier molecular flexibility index (Phi) is 15.1. The van der Waals surface area contributed by atoms with Crippen molar-refractivity contribution >= 4 is 34.4 Å². The molecule has 10 nitrogen and oxygen atoms in total. The van der Waals surface area contributed by atoms with Crippen LogP contribution in [0.25, 0.3) is 22.8 Å². The number of aromatic nitrogens is 4. The van der Waals surface area contributed by atoms with Gasteiger partial charge in [0.25, 0.3) is 0 Å². The molecule has 348 valence electrons. The molecule has 0 saturated heterocycles. The fraction of sp³-hybridized carbons (Fsp3) is 0.154. The van der Waals surface area contributed by atoms with Crippen LogP contribution in [0, 0.1) is 13.8 Å². The van der Waals surface area contributed by atoms with Gasteiger partial charge in [0, 0.05) is 69.5 Å². The first-order valence-corrected chi connectivity index (χ1v) is 21.2. The van der Waals surface area contributed by atoms with Crippen LogP contribution in [0.1, 0.15) is 33.6 Å². The number of hydrogen-bond acceptors (Lipinski definition) is 10. The molecule has 68 heavy (non-hydrogen) atoms. The number of anilines is 6. The van der Waals surface area contributed by atoms with Crippen LogP contribution in [0.3, 0.4) is 0 Å². The molecule has 2 aromatic heterocycles. The van der Waals surface area contributed by atoms with Crippen LogP contribution < -0.4 is 30.7 Å². The maximum atomic E-state index is 12.9. The van der Waals surface area contributed by atoms with E-state index >= 15 is 0 Å². The predicted molar refractivity (Wildman–Crippen MR) is 255 cm³/mol. The van der Waals surface area contributed by atoms with Crippen molar-refractivity contribution in [1.82, 2.24) is 19.9 Å². The number of nitrogens with zero attached hydrogens (tertiary/aromatic N) is 4. The third kappa shape index (κ3) is 12.6. The molecular formula is C52H46F6N8O2. The van der Waals surface area contributed by atoms with Gasteiger partial charge >= 0.3 is 12.4 Å². The van der Waals surface area contributed by atoms with Gasteiger partial charge in [-0.25, -0.2) is 19.9 Å². The van der Waals surface area contributed by atoms with Crippen LogP contribution in [-0.2, 0) is 25.4 Å². The molecule has 0 atom stereocenters. The zero-order valence-corrected chi connectivity index (χ0v) is 37.3. The minimum atomic E-state index is -4.37. The number of benzene rings is 6. The number of nitrogens with one attached hydrogen (secondary N) is 4. The van der Waals surface area contributed by atoms with Crippen molar-refractivity contribution in [2.24, 2.45) is 0 Å². The fourth-order valence-corrected chi connectivity index (χ4v) is 6.81. The Bertz CT molecular complexity index is 2680. The van der Waals surface area contributed by atoms with Crippen molar-refractivity contribution in [3.05, 3.63) is 191 Å². The van der Waals surface area contributed by atoms with Gasteiger partial charge in [0.05, 0.1) is 25.3 Å². The quantitative estimate of drug-likeness (QED) is 0.0785. The largest absolute Gasteiger partial charge is 0.497 e. The number of hydrogen-bond donors (Lipinski definition) is 4. The molecule has 16 heteroatoms. The Morgan fingerprint density at radius 1 is 0.412 bits per heavy atom. The number of ether oxygens (including phenoxy) is 2. The molecule has 0 aliphatic heterocycles. The van der Waals surface area contributed by atoms with Crippen LogP contribution in [-0.4, -0.2) is 34.2 Å². The number of rotatable bonds is 14. The summed E-state index contributed by atoms with van der Waals surface area (Å²) in [7, 11) is 3.21. The van der Waals surface area contributed by atoms with Crippen LogP contribution in [0.5, 0.6) is 11.5 Å². The standard InChI is InChI=1S/2C26H23F3N4O/c2*1-17-23(16-30-20-10-8-19(9-11-20)26(27,28)29)25(32-21-12-14-22(34-2)15-13-21)33-24(31-17)18-6-4-3-5-7-18/h2*3-15,30H,16H2,1-2H3,(H,31,32,33). The molecule has 0 bridgehead atoms. The summed E-state index contributed by atoms with van der Waals surface area (Å²) in [6.45, 7) is 4.42. The Hall–Kier alpha value is -8.14. The fourth-order valence-electron chi connectivity index (χ4n) is 6.81. The van der Waals surface area contributed by atoms with Crippen molar-refractivity contribution in [3.63, 3.8) is 0 Å². The molecule has 0 aliphatic rings. The Balaban J connectivity index is 0.000000201. The number of halogens is 6. The van der Waals surface area contributed by atoms with Crippen LogP contribution in [0.15, 0.2) is 158 Å². The lowest BCUT2D eigenvalue weighted by Crippen LogP contribution is -2.10. The first-order valence-electron chi connectivity index (χ1n) is 21.2. The van der Waals surface area contributed by atoms with Crippen LogP contribution >= 0.6 is 0 Å². The average molecular weight is 929 g/mol. The van der Waals surface area contributed by atoms with Crippen molar-refractivity contribution in [2.75, 3.05) is 35.5 Å². The van der Waals surface area contributed by atoms with E-state index in [2.05, 4.69) is 31.2 Å². The van der Waals surface area contributed by atoms with Crippen molar-refractivity contribution in [1.29, 1.82) is 0 Å². The summed E-state index contributed by atoms with van der Waals surface area (Å²) in [5, 5.41) is 13.0. The second kappa shape index (κ2) is 21.4. The monoisotopic (exact) mass is 928 g/mol.